The molecular formula is C13H17N3S. The standard InChI is InChI=1S/C13H17N3S/c1-3-15-12(8-13-16-6-7-17-13)11-9-14-5-4-10(11)2/h4-7,9,12,15H,3,8H2,1-2H3. The molecule has 2 rings (SSSR count). The van der Waals surface area contributed by atoms with Gasteiger partial charge in [-0.25, -0.2) is 4.98 Å². The zero-order valence-electron chi connectivity index (χ0n) is 10.2. The molecular weight excluding hydrogens is 230 g/mol. The maximum absolute atomic E-state index is 4.35. The third-order valence-electron chi connectivity index (χ3n) is 2.77. The molecule has 2 heterocycles. The summed E-state index contributed by atoms with van der Waals surface area (Å²) in [5.74, 6) is 0. The van der Waals surface area contributed by atoms with Crippen molar-refractivity contribution in [3.05, 3.63) is 46.2 Å². The first kappa shape index (κ1) is 12.2. The van der Waals surface area contributed by atoms with E-state index in [4.69, 9.17) is 0 Å². The SMILES string of the molecule is CCNC(Cc1nccs1)c1cnccc1C. The van der Waals surface area contributed by atoms with Crippen molar-refractivity contribution in [2.45, 2.75) is 26.3 Å². The lowest BCUT2D eigenvalue weighted by Crippen LogP contribution is -2.23. The summed E-state index contributed by atoms with van der Waals surface area (Å²) in [7, 11) is 0. The Balaban J connectivity index is 2.20. The second kappa shape index (κ2) is 5.89. The van der Waals surface area contributed by atoms with Gasteiger partial charge in [-0.3, -0.25) is 4.98 Å². The molecule has 1 N–H and O–H groups in total. The minimum absolute atomic E-state index is 0.305. The van der Waals surface area contributed by atoms with Gasteiger partial charge < -0.3 is 5.32 Å². The molecule has 90 valence electrons. The van der Waals surface area contributed by atoms with Gasteiger partial charge in [-0.2, -0.15) is 0 Å². The molecule has 1 atom stereocenters. The zero-order valence-corrected chi connectivity index (χ0v) is 11.0. The lowest BCUT2D eigenvalue weighted by Gasteiger charge is -2.18. The first-order chi connectivity index (χ1) is 8.31. The van der Waals surface area contributed by atoms with Gasteiger partial charge >= 0.3 is 0 Å². The van der Waals surface area contributed by atoms with E-state index >= 15 is 0 Å². The van der Waals surface area contributed by atoms with Gasteiger partial charge in [0.15, 0.2) is 0 Å². The summed E-state index contributed by atoms with van der Waals surface area (Å²) in [5.41, 5.74) is 2.55. The Hall–Kier alpha value is -1.26. The second-order valence-corrected chi connectivity index (χ2v) is 4.95. The van der Waals surface area contributed by atoms with E-state index < -0.39 is 0 Å². The fourth-order valence-corrected chi connectivity index (χ4v) is 2.57. The number of nitrogens with zero attached hydrogens (tertiary/aromatic N) is 2. The Labute approximate surface area is 106 Å². The predicted octanol–water partition coefficient (Wildman–Crippen LogP) is 2.74. The molecule has 0 saturated carbocycles. The Kier molecular flexibility index (Phi) is 4.23. The second-order valence-electron chi connectivity index (χ2n) is 3.97. The van der Waals surface area contributed by atoms with Gasteiger partial charge in [0, 0.05) is 36.4 Å². The molecule has 4 heteroatoms. The smallest absolute Gasteiger partial charge is 0.0943 e. The van der Waals surface area contributed by atoms with E-state index in [0.29, 0.717) is 6.04 Å². The first-order valence-corrected chi connectivity index (χ1v) is 6.71. The number of hydrogen-bond donors (Lipinski definition) is 1. The molecule has 1 unspecified atom stereocenters. The van der Waals surface area contributed by atoms with Crippen molar-refractivity contribution in [1.82, 2.24) is 15.3 Å². The minimum atomic E-state index is 0.305. The summed E-state index contributed by atoms with van der Waals surface area (Å²) in [4.78, 5) is 8.57. The van der Waals surface area contributed by atoms with Gasteiger partial charge in [-0.15, -0.1) is 11.3 Å². The zero-order chi connectivity index (χ0) is 12.1. The summed E-state index contributed by atoms with van der Waals surface area (Å²) < 4.78 is 0. The van der Waals surface area contributed by atoms with Crippen LogP contribution in [0.4, 0.5) is 0 Å². The molecule has 0 radical (unpaired) electrons. The number of pyridine rings is 1. The van der Waals surface area contributed by atoms with Crippen molar-refractivity contribution >= 4 is 11.3 Å². The van der Waals surface area contributed by atoms with Crippen LogP contribution < -0.4 is 5.32 Å². The van der Waals surface area contributed by atoms with Gasteiger partial charge in [0.2, 0.25) is 0 Å². The number of hydrogen-bond acceptors (Lipinski definition) is 4. The molecule has 0 aliphatic heterocycles. The van der Waals surface area contributed by atoms with Gasteiger partial charge in [0.1, 0.15) is 0 Å². The van der Waals surface area contributed by atoms with Gasteiger partial charge in [0.05, 0.1) is 5.01 Å². The van der Waals surface area contributed by atoms with Crippen molar-refractivity contribution < 1.29 is 0 Å². The Morgan fingerprint density at radius 2 is 2.29 bits per heavy atom. The van der Waals surface area contributed by atoms with Crippen LogP contribution in [0.25, 0.3) is 0 Å². The van der Waals surface area contributed by atoms with E-state index in [0.717, 1.165) is 13.0 Å². The quantitative estimate of drug-likeness (QED) is 0.883. The van der Waals surface area contributed by atoms with Crippen LogP contribution >= 0.6 is 11.3 Å². The van der Waals surface area contributed by atoms with Crippen LogP contribution in [0.15, 0.2) is 30.0 Å². The van der Waals surface area contributed by atoms with Gasteiger partial charge in [-0.1, -0.05) is 6.92 Å². The lowest BCUT2D eigenvalue weighted by atomic mass is 10.0. The fraction of sp³-hybridized carbons (Fsp3) is 0.385. The van der Waals surface area contributed by atoms with E-state index in [1.165, 1.54) is 16.1 Å². The average molecular weight is 247 g/mol. The van der Waals surface area contributed by atoms with Crippen LogP contribution in [0.3, 0.4) is 0 Å². The number of rotatable bonds is 5. The minimum Gasteiger partial charge on any atom is -0.310 e. The molecule has 0 fully saturated rings. The summed E-state index contributed by atoms with van der Waals surface area (Å²) in [6.45, 7) is 5.20. The molecule has 0 amide bonds. The molecule has 0 aliphatic carbocycles. The highest BCUT2D eigenvalue weighted by Gasteiger charge is 2.14. The molecule has 3 nitrogen and oxygen atoms in total. The molecule has 2 aromatic rings. The van der Waals surface area contributed by atoms with E-state index in [1.807, 2.05) is 24.0 Å². The maximum atomic E-state index is 4.35. The number of likely N-dealkylation sites (N-methyl/N-ethyl adjacent to an activating group) is 1. The summed E-state index contributed by atoms with van der Waals surface area (Å²) in [6, 6.07) is 2.36. The number of aromatic nitrogens is 2. The third-order valence-corrected chi connectivity index (χ3v) is 3.57. The van der Waals surface area contributed by atoms with Crippen molar-refractivity contribution in [3.8, 4) is 0 Å². The van der Waals surface area contributed by atoms with Crippen LogP contribution in [0.1, 0.15) is 29.1 Å². The van der Waals surface area contributed by atoms with Gasteiger partial charge in [0.25, 0.3) is 0 Å². The van der Waals surface area contributed by atoms with E-state index in [-0.39, 0.29) is 0 Å². The maximum Gasteiger partial charge on any atom is 0.0943 e. The number of aryl methyl sites for hydroxylation is 1. The molecule has 17 heavy (non-hydrogen) atoms. The third kappa shape index (κ3) is 3.11. The molecule has 2 aromatic heterocycles. The Morgan fingerprint density at radius 3 is 2.94 bits per heavy atom. The lowest BCUT2D eigenvalue weighted by molar-refractivity contribution is 0.544. The van der Waals surface area contributed by atoms with Crippen LogP contribution in [0.2, 0.25) is 0 Å². The van der Waals surface area contributed by atoms with Crippen molar-refractivity contribution in [1.29, 1.82) is 0 Å². The fourth-order valence-electron chi connectivity index (χ4n) is 1.91. The van der Waals surface area contributed by atoms with Crippen molar-refractivity contribution in [2.24, 2.45) is 0 Å². The normalized spacial score (nSPS) is 12.6. The molecule has 0 spiro atoms. The van der Waals surface area contributed by atoms with E-state index in [2.05, 4.69) is 35.2 Å². The van der Waals surface area contributed by atoms with Crippen LogP contribution in [0, 0.1) is 6.92 Å². The van der Waals surface area contributed by atoms with Gasteiger partial charge in [-0.05, 0) is 30.7 Å². The summed E-state index contributed by atoms with van der Waals surface area (Å²) >= 11 is 1.71. The Bertz CT molecular complexity index is 453. The topological polar surface area (TPSA) is 37.8 Å². The largest absolute Gasteiger partial charge is 0.310 e. The highest BCUT2D eigenvalue weighted by atomic mass is 32.1. The summed E-state index contributed by atoms with van der Waals surface area (Å²) in [6.07, 6.45) is 6.58. The van der Waals surface area contributed by atoms with Crippen LogP contribution in [-0.2, 0) is 6.42 Å². The van der Waals surface area contributed by atoms with Crippen molar-refractivity contribution in [2.75, 3.05) is 6.54 Å². The highest BCUT2D eigenvalue weighted by molar-refractivity contribution is 7.09. The highest BCUT2D eigenvalue weighted by Crippen LogP contribution is 2.21. The average Bonchev–Trinajstić information content (AvgIpc) is 2.82. The molecule has 0 aromatic carbocycles. The van der Waals surface area contributed by atoms with Crippen molar-refractivity contribution in [3.63, 3.8) is 0 Å². The number of thiazole rings is 1. The van der Waals surface area contributed by atoms with Crippen LogP contribution in [0.5, 0.6) is 0 Å². The molecule has 0 saturated heterocycles. The summed E-state index contributed by atoms with van der Waals surface area (Å²) in [5, 5.41) is 6.69. The molecule has 0 bridgehead atoms. The first-order valence-electron chi connectivity index (χ1n) is 5.83. The predicted molar refractivity (Wildman–Crippen MR) is 71.2 cm³/mol. The van der Waals surface area contributed by atoms with Crippen LogP contribution in [-0.4, -0.2) is 16.5 Å². The van der Waals surface area contributed by atoms with E-state index in [9.17, 15) is 0 Å². The Morgan fingerprint density at radius 1 is 1.41 bits per heavy atom. The monoisotopic (exact) mass is 247 g/mol. The molecule has 0 aliphatic rings. The number of nitrogens with one attached hydrogen (secondary N) is 1. The van der Waals surface area contributed by atoms with E-state index in [1.54, 1.807) is 11.3 Å².